The Kier molecular flexibility index (Phi) is 6.57. The van der Waals surface area contributed by atoms with E-state index in [0.29, 0.717) is 25.3 Å². The summed E-state index contributed by atoms with van der Waals surface area (Å²) >= 11 is 1.70. The molecule has 1 amide bonds. The van der Waals surface area contributed by atoms with Crippen LogP contribution in [0, 0.1) is 6.92 Å². The fourth-order valence-electron chi connectivity index (χ4n) is 3.01. The summed E-state index contributed by atoms with van der Waals surface area (Å²) in [7, 11) is -3.53. The molecule has 0 aliphatic carbocycles. The van der Waals surface area contributed by atoms with Crippen LogP contribution in [0.3, 0.4) is 0 Å². The summed E-state index contributed by atoms with van der Waals surface area (Å²) in [4.78, 5) is 13.7. The van der Waals surface area contributed by atoms with Crippen molar-refractivity contribution in [3.8, 4) is 0 Å². The molecule has 1 N–H and O–H groups in total. The van der Waals surface area contributed by atoms with Crippen LogP contribution >= 0.6 is 11.8 Å². The summed E-state index contributed by atoms with van der Waals surface area (Å²) < 4.78 is 27.5. The van der Waals surface area contributed by atoms with E-state index in [1.165, 1.54) is 11.1 Å². The predicted octanol–water partition coefficient (Wildman–Crippen LogP) is 3.33. The summed E-state index contributed by atoms with van der Waals surface area (Å²) in [6.07, 6.45) is 1.41. The lowest BCUT2D eigenvalue weighted by atomic mass is 10.1. The van der Waals surface area contributed by atoms with Gasteiger partial charge in [-0.3, -0.25) is 4.79 Å². The molecular weight excluding hydrogens is 380 g/mol. The van der Waals surface area contributed by atoms with E-state index in [0.717, 1.165) is 17.9 Å². The summed E-state index contributed by atoms with van der Waals surface area (Å²) in [6.45, 7) is 3.16. The SMILES string of the molecule is Cc1ccccc1CSCCNS(=O)(=O)c1ccc(N2CCCC2=O)cc1. The van der Waals surface area contributed by atoms with Crippen molar-refractivity contribution in [2.45, 2.75) is 30.4 Å². The molecule has 0 aromatic heterocycles. The second-order valence-corrected chi connectivity index (χ2v) is 9.39. The van der Waals surface area contributed by atoms with Crippen LogP contribution in [0.2, 0.25) is 0 Å². The molecule has 2 aromatic rings. The normalized spacial score (nSPS) is 14.7. The lowest BCUT2D eigenvalue weighted by molar-refractivity contribution is -0.117. The highest BCUT2D eigenvalue weighted by Crippen LogP contribution is 2.23. The number of hydrogen-bond donors (Lipinski definition) is 1. The van der Waals surface area contributed by atoms with Gasteiger partial charge in [-0.05, 0) is 48.7 Å². The number of carbonyl (C=O) groups is 1. The molecule has 2 aromatic carbocycles. The van der Waals surface area contributed by atoms with Gasteiger partial charge in [0.25, 0.3) is 0 Å². The Morgan fingerprint density at radius 3 is 2.52 bits per heavy atom. The lowest BCUT2D eigenvalue weighted by Crippen LogP contribution is -2.26. The second-order valence-electron chi connectivity index (χ2n) is 6.52. The third-order valence-electron chi connectivity index (χ3n) is 4.59. The van der Waals surface area contributed by atoms with Crippen LogP contribution in [0.5, 0.6) is 0 Å². The number of benzene rings is 2. The highest BCUT2D eigenvalue weighted by atomic mass is 32.2. The first-order valence-corrected chi connectivity index (χ1v) is 11.6. The number of carbonyl (C=O) groups excluding carboxylic acids is 1. The van der Waals surface area contributed by atoms with Gasteiger partial charge in [-0.2, -0.15) is 11.8 Å². The Morgan fingerprint density at radius 2 is 1.85 bits per heavy atom. The number of nitrogens with zero attached hydrogens (tertiary/aromatic N) is 1. The molecule has 5 nitrogen and oxygen atoms in total. The number of sulfonamides is 1. The van der Waals surface area contributed by atoms with Gasteiger partial charge in [-0.15, -0.1) is 0 Å². The van der Waals surface area contributed by atoms with Crippen molar-refractivity contribution in [2.75, 3.05) is 23.7 Å². The van der Waals surface area contributed by atoms with Gasteiger partial charge in [0, 0.05) is 36.7 Å². The van der Waals surface area contributed by atoms with Crippen LogP contribution in [0.25, 0.3) is 0 Å². The number of amides is 1. The molecule has 0 bridgehead atoms. The molecule has 0 saturated carbocycles. The van der Waals surface area contributed by atoms with Gasteiger partial charge in [0.05, 0.1) is 4.90 Å². The van der Waals surface area contributed by atoms with Crippen molar-refractivity contribution in [1.82, 2.24) is 4.72 Å². The molecule has 0 atom stereocenters. The smallest absolute Gasteiger partial charge is 0.240 e. The summed E-state index contributed by atoms with van der Waals surface area (Å²) in [5, 5.41) is 0. The molecule has 27 heavy (non-hydrogen) atoms. The lowest BCUT2D eigenvalue weighted by Gasteiger charge is -2.16. The minimum Gasteiger partial charge on any atom is -0.312 e. The molecular formula is C20H24N2O3S2. The fourth-order valence-corrected chi connectivity index (χ4v) is 5.11. The number of rotatable bonds is 8. The van der Waals surface area contributed by atoms with E-state index in [-0.39, 0.29) is 10.8 Å². The Hall–Kier alpha value is -1.83. The van der Waals surface area contributed by atoms with E-state index < -0.39 is 10.0 Å². The van der Waals surface area contributed by atoms with Gasteiger partial charge in [-0.1, -0.05) is 24.3 Å². The van der Waals surface area contributed by atoms with Gasteiger partial charge in [0.1, 0.15) is 0 Å². The van der Waals surface area contributed by atoms with Crippen LogP contribution < -0.4 is 9.62 Å². The van der Waals surface area contributed by atoms with E-state index in [9.17, 15) is 13.2 Å². The van der Waals surface area contributed by atoms with Crippen molar-refractivity contribution in [3.05, 3.63) is 59.7 Å². The zero-order valence-electron chi connectivity index (χ0n) is 15.3. The van der Waals surface area contributed by atoms with Crippen molar-refractivity contribution >= 4 is 33.4 Å². The number of hydrogen-bond acceptors (Lipinski definition) is 4. The zero-order valence-corrected chi connectivity index (χ0v) is 17.0. The maximum absolute atomic E-state index is 12.4. The van der Waals surface area contributed by atoms with Crippen LogP contribution in [-0.4, -0.2) is 33.2 Å². The van der Waals surface area contributed by atoms with Crippen molar-refractivity contribution in [3.63, 3.8) is 0 Å². The molecule has 7 heteroatoms. The largest absolute Gasteiger partial charge is 0.312 e. The topological polar surface area (TPSA) is 66.5 Å². The van der Waals surface area contributed by atoms with Crippen molar-refractivity contribution < 1.29 is 13.2 Å². The minimum atomic E-state index is -3.53. The van der Waals surface area contributed by atoms with E-state index in [4.69, 9.17) is 0 Å². The first-order valence-electron chi connectivity index (χ1n) is 9.00. The Balaban J connectivity index is 1.49. The molecule has 3 rings (SSSR count). The summed E-state index contributed by atoms with van der Waals surface area (Å²) in [5.74, 6) is 1.66. The fraction of sp³-hybridized carbons (Fsp3) is 0.350. The third-order valence-corrected chi connectivity index (χ3v) is 7.07. The maximum atomic E-state index is 12.4. The standard InChI is InChI=1S/C20H24N2O3S2/c1-16-5-2-3-6-17(16)15-26-14-12-21-27(24,25)19-10-8-18(9-11-19)22-13-4-7-20(22)23/h2-3,5-6,8-11,21H,4,7,12-15H2,1H3. The molecule has 1 saturated heterocycles. The van der Waals surface area contributed by atoms with Gasteiger partial charge in [0.15, 0.2) is 0 Å². The Bertz CT molecular complexity index is 896. The Labute approximate surface area is 165 Å². The van der Waals surface area contributed by atoms with Crippen molar-refractivity contribution in [2.24, 2.45) is 0 Å². The van der Waals surface area contributed by atoms with Gasteiger partial charge in [-0.25, -0.2) is 13.1 Å². The number of thioether (sulfide) groups is 1. The van der Waals surface area contributed by atoms with E-state index in [1.807, 2.05) is 12.1 Å². The monoisotopic (exact) mass is 404 g/mol. The van der Waals surface area contributed by atoms with Gasteiger partial charge < -0.3 is 4.90 Å². The molecule has 1 heterocycles. The average molecular weight is 405 g/mol. The molecule has 0 radical (unpaired) electrons. The van der Waals surface area contributed by atoms with Crippen LogP contribution in [0.1, 0.15) is 24.0 Å². The second kappa shape index (κ2) is 8.91. The maximum Gasteiger partial charge on any atom is 0.240 e. The first-order chi connectivity index (χ1) is 13.0. The Morgan fingerprint density at radius 1 is 1.11 bits per heavy atom. The highest BCUT2D eigenvalue weighted by molar-refractivity contribution is 7.98. The molecule has 0 unspecified atom stereocenters. The van der Waals surface area contributed by atoms with Gasteiger partial charge in [0.2, 0.25) is 15.9 Å². The highest BCUT2D eigenvalue weighted by Gasteiger charge is 2.22. The summed E-state index contributed by atoms with van der Waals surface area (Å²) in [5.41, 5.74) is 3.28. The van der Waals surface area contributed by atoms with Crippen LogP contribution in [0.15, 0.2) is 53.4 Å². The van der Waals surface area contributed by atoms with E-state index in [1.54, 1.807) is 40.9 Å². The minimum absolute atomic E-state index is 0.0920. The average Bonchev–Trinajstić information content (AvgIpc) is 3.09. The number of nitrogens with one attached hydrogen (secondary N) is 1. The molecule has 1 fully saturated rings. The van der Waals surface area contributed by atoms with Gasteiger partial charge >= 0.3 is 0 Å². The molecule has 0 spiro atoms. The predicted molar refractivity (Wildman–Crippen MR) is 111 cm³/mol. The molecule has 1 aliphatic rings. The molecule has 1 aliphatic heterocycles. The zero-order chi connectivity index (χ0) is 19.3. The number of aryl methyl sites for hydroxylation is 1. The van der Waals surface area contributed by atoms with Crippen LogP contribution in [-0.2, 0) is 20.6 Å². The quantitative estimate of drug-likeness (QED) is 0.686. The first kappa shape index (κ1) is 19.9. The van der Waals surface area contributed by atoms with Crippen molar-refractivity contribution in [1.29, 1.82) is 0 Å². The molecule has 144 valence electrons. The summed E-state index contributed by atoms with van der Waals surface area (Å²) in [6, 6.07) is 14.7. The van der Waals surface area contributed by atoms with E-state index in [2.05, 4.69) is 23.8 Å². The van der Waals surface area contributed by atoms with Crippen LogP contribution in [0.4, 0.5) is 5.69 Å². The third kappa shape index (κ3) is 5.12. The van der Waals surface area contributed by atoms with E-state index >= 15 is 0 Å². The number of anilines is 1.